The van der Waals surface area contributed by atoms with Crippen LogP contribution in [0.15, 0.2) is 18.2 Å². The van der Waals surface area contributed by atoms with E-state index in [1.54, 1.807) is 0 Å². The van der Waals surface area contributed by atoms with E-state index in [0.29, 0.717) is 28.7 Å². The summed E-state index contributed by atoms with van der Waals surface area (Å²) in [6.07, 6.45) is 2.68. The predicted molar refractivity (Wildman–Crippen MR) is 116 cm³/mol. The normalized spacial score (nSPS) is 16.7. The summed E-state index contributed by atoms with van der Waals surface area (Å²) in [5, 5.41) is 3.52. The maximum atomic E-state index is 13.0. The first-order valence-electron chi connectivity index (χ1n) is 10.1. The molecule has 1 aliphatic carbocycles. The van der Waals surface area contributed by atoms with Crippen LogP contribution in [0, 0.1) is 19.8 Å². The minimum atomic E-state index is -0.638. The van der Waals surface area contributed by atoms with Crippen molar-refractivity contribution >= 4 is 28.2 Å². The molecule has 0 unspecified atom stereocenters. The zero-order valence-corrected chi connectivity index (χ0v) is 18.6. The van der Waals surface area contributed by atoms with Crippen molar-refractivity contribution in [3.8, 4) is 5.75 Å². The molecule has 29 heavy (non-hydrogen) atoms. The molecule has 0 saturated carbocycles. The summed E-state index contributed by atoms with van der Waals surface area (Å²) in [4.78, 5) is 26.6. The van der Waals surface area contributed by atoms with E-state index in [1.807, 2.05) is 39.0 Å². The lowest BCUT2D eigenvalue weighted by molar-refractivity contribution is -0.122. The van der Waals surface area contributed by atoms with Crippen LogP contribution in [0.2, 0.25) is 0 Å². The van der Waals surface area contributed by atoms with Crippen molar-refractivity contribution in [2.45, 2.75) is 59.5 Å². The van der Waals surface area contributed by atoms with Gasteiger partial charge < -0.3 is 14.8 Å². The molecule has 3 rings (SSSR count). The van der Waals surface area contributed by atoms with Crippen LogP contribution in [0.25, 0.3) is 0 Å². The Morgan fingerprint density at radius 1 is 1.28 bits per heavy atom. The molecule has 0 bridgehead atoms. The second-order valence-electron chi connectivity index (χ2n) is 7.80. The molecule has 6 heteroatoms. The highest BCUT2D eigenvalue weighted by molar-refractivity contribution is 7.17. The van der Waals surface area contributed by atoms with Gasteiger partial charge in [0.2, 0.25) is 0 Å². The first-order chi connectivity index (χ1) is 13.8. The molecule has 2 aromatic rings. The number of nitrogens with one attached hydrogen (secondary N) is 1. The van der Waals surface area contributed by atoms with E-state index in [9.17, 15) is 9.59 Å². The lowest BCUT2D eigenvalue weighted by atomic mass is 9.88. The SMILES string of the molecule is CC[C@H](Oc1ccc(C)c(C)c1)C(=O)Nc1sc2c(c1C(=O)OC)CC[C@@H](C)C2. The monoisotopic (exact) mass is 415 g/mol. The number of methoxy groups -OCH3 is 1. The Balaban J connectivity index is 1.82. The van der Waals surface area contributed by atoms with Crippen LogP contribution in [0.5, 0.6) is 5.75 Å². The number of anilines is 1. The van der Waals surface area contributed by atoms with Crippen LogP contribution in [0.4, 0.5) is 5.00 Å². The van der Waals surface area contributed by atoms with Gasteiger partial charge in [-0.05, 0) is 74.3 Å². The largest absolute Gasteiger partial charge is 0.481 e. The second kappa shape index (κ2) is 8.99. The topological polar surface area (TPSA) is 64.6 Å². The zero-order valence-electron chi connectivity index (χ0n) is 17.8. The Labute approximate surface area is 176 Å². The molecule has 1 heterocycles. The zero-order chi connectivity index (χ0) is 21.1. The highest BCUT2D eigenvalue weighted by Gasteiger charge is 2.30. The lowest BCUT2D eigenvalue weighted by Crippen LogP contribution is -2.32. The van der Waals surface area contributed by atoms with Crippen molar-refractivity contribution in [1.29, 1.82) is 0 Å². The molecule has 1 amide bonds. The van der Waals surface area contributed by atoms with E-state index >= 15 is 0 Å². The van der Waals surface area contributed by atoms with Crippen LogP contribution in [0.3, 0.4) is 0 Å². The van der Waals surface area contributed by atoms with E-state index in [-0.39, 0.29) is 5.91 Å². The van der Waals surface area contributed by atoms with E-state index in [4.69, 9.17) is 9.47 Å². The maximum Gasteiger partial charge on any atom is 0.341 e. The highest BCUT2D eigenvalue weighted by Crippen LogP contribution is 2.40. The summed E-state index contributed by atoms with van der Waals surface area (Å²) < 4.78 is 11.0. The molecular weight excluding hydrogens is 386 g/mol. The third kappa shape index (κ3) is 4.64. The van der Waals surface area contributed by atoms with Gasteiger partial charge in [-0.25, -0.2) is 4.79 Å². The number of carbonyl (C=O) groups excluding carboxylic acids is 2. The number of carbonyl (C=O) groups is 2. The van der Waals surface area contributed by atoms with Crippen molar-refractivity contribution in [3.05, 3.63) is 45.3 Å². The number of thiophene rings is 1. The molecule has 0 spiro atoms. The molecular formula is C23H29NO4S. The summed E-state index contributed by atoms with van der Waals surface area (Å²) in [6.45, 7) is 8.18. The van der Waals surface area contributed by atoms with Gasteiger partial charge in [-0.1, -0.05) is 19.9 Å². The molecule has 5 nitrogen and oxygen atoms in total. The second-order valence-corrected chi connectivity index (χ2v) is 8.90. The third-order valence-corrected chi connectivity index (χ3v) is 6.73. The van der Waals surface area contributed by atoms with Gasteiger partial charge in [0.25, 0.3) is 5.91 Å². The standard InChI is InChI=1S/C23H29NO4S/c1-6-18(28-16-9-8-14(3)15(4)12-16)21(25)24-22-20(23(26)27-5)17-10-7-13(2)11-19(17)29-22/h8-9,12-13,18H,6-7,10-11H2,1-5H3,(H,24,25)/t13-,18+/m1/s1. The number of ether oxygens (including phenoxy) is 2. The Bertz CT molecular complexity index is 918. The average molecular weight is 416 g/mol. The van der Waals surface area contributed by atoms with Gasteiger partial charge in [0.15, 0.2) is 6.10 Å². The molecule has 1 aliphatic rings. The predicted octanol–water partition coefficient (Wildman–Crippen LogP) is 5.07. The first-order valence-corrected chi connectivity index (χ1v) is 10.9. The molecule has 0 fully saturated rings. The summed E-state index contributed by atoms with van der Waals surface area (Å²) in [6, 6.07) is 5.80. The fraction of sp³-hybridized carbons (Fsp3) is 0.478. The molecule has 1 N–H and O–H groups in total. The quantitative estimate of drug-likeness (QED) is 0.669. The van der Waals surface area contributed by atoms with Gasteiger partial charge >= 0.3 is 5.97 Å². The van der Waals surface area contributed by atoms with E-state index < -0.39 is 12.1 Å². The van der Waals surface area contributed by atoms with Gasteiger partial charge in [-0.2, -0.15) is 0 Å². The first kappa shape index (κ1) is 21.4. The number of hydrogen-bond acceptors (Lipinski definition) is 5. The molecule has 2 atom stereocenters. The van der Waals surface area contributed by atoms with Gasteiger partial charge in [-0.3, -0.25) is 4.79 Å². The Kier molecular flexibility index (Phi) is 6.63. The smallest absolute Gasteiger partial charge is 0.341 e. The van der Waals surface area contributed by atoms with Gasteiger partial charge in [0, 0.05) is 4.88 Å². The Morgan fingerprint density at radius 3 is 2.69 bits per heavy atom. The summed E-state index contributed by atoms with van der Waals surface area (Å²) in [5.74, 6) is 0.604. The van der Waals surface area contributed by atoms with Crippen molar-refractivity contribution in [2.75, 3.05) is 12.4 Å². The van der Waals surface area contributed by atoms with E-state index in [1.165, 1.54) is 28.9 Å². The fourth-order valence-corrected chi connectivity index (χ4v) is 5.02. The number of fused-ring (bicyclic) bond motifs is 1. The minimum absolute atomic E-state index is 0.248. The number of rotatable bonds is 6. The van der Waals surface area contributed by atoms with Crippen molar-refractivity contribution < 1.29 is 19.1 Å². The van der Waals surface area contributed by atoms with Crippen molar-refractivity contribution in [1.82, 2.24) is 0 Å². The van der Waals surface area contributed by atoms with Gasteiger partial charge in [-0.15, -0.1) is 11.3 Å². The number of hydrogen-bond donors (Lipinski definition) is 1. The van der Waals surface area contributed by atoms with Gasteiger partial charge in [0.1, 0.15) is 10.8 Å². The summed E-state index contributed by atoms with van der Waals surface area (Å²) in [7, 11) is 1.38. The van der Waals surface area contributed by atoms with Crippen molar-refractivity contribution in [2.24, 2.45) is 5.92 Å². The van der Waals surface area contributed by atoms with Crippen LogP contribution in [0.1, 0.15) is 58.6 Å². The molecule has 1 aromatic heterocycles. The van der Waals surface area contributed by atoms with Crippen LogP contribution in [-0.4, -0.2) is 25.1 Å². The van der Waals surface area contributed by atoms with Crippen molar-refractivity contribution in [3.63, 3.8) is 0 Å². The number of benzene rings is 1. The molecule has 0 radical (unpaired) electrons. The Morgan fingerprint density at radius 2 is 2.03 bits per heavy atom. The molecule has 156 valence electrons. The molecule has 1 aromatic carbocycles. The van der Waals surface area contributed by atoms with Crippen LogP contribution >= 0.6 is 11.3 Å². The third-order valence-electron chi connectivity index (χ3n) is 5.56. The molecule has 0 aliphatic heterocycles. The Hall–Kier alpha value is -2.34. The average Bonchev–Trinajstić information content (AvgIpc) is 3.04. The van der Waals surface area contributed by atoms with E-state index in [2.05, 4.69) is 12.2 Å². The van der Waals surface area contributed by atoms with Gasteiger partial charge in [0.05, 0.1) is 12.7 Å². The van der Waals surface area contributed by atoms with E-state index in [0.717, 1.165) is 30.4 Å². The number of esters is 1. The molecule has 0 saturated heterocycles. The van der Waals surface area contributed by atoms with Crippen LogP contribution in [-0.2, 0) is 22.4 Å². The lowest BCUT2D eigenvalue weighted by Gasteiger charge is -2.18. The van der Waals surface area contributed by atoms with Crippen LogP contribution < -0.4 is 10.1 Å². The fourth-order valence-electron chi connectivity index (χ4n) is 3.62. The highest BCUT2D eigenvalue weighted by atomic mass is 32.1. The maximum absolute atomic E-state index is 13.0. The minimum Gasteiger partial charge on any atom is -0.481 e. The number of aryl methyl sites for hydroxylation is 2. The summed E-state index contributed by atoms with van der Waals surface area (Å²) >= 11 is 1.49. The summed E-state index contributed by atoms with van der Waals surface area (Å²) in [5.41, 5.74) is 3.83. The number of amides is 1.